The van der Waals surface area contributed by atoms with E-state index in [1.807, 2.05) is 12.5 Å². The van der Waals surface area contributed by atoms with E-state index in [1.165, 1.54) is 42.6 Å². The summed E-state index contributed by atoms with van der Waals surface area (Å²) < 4.78 is 2.24. The van der Waals surface area contributed by atoms with Crippen molar-refractivity contribution in [2.75, 3.05) is 13.1 Å². The van der Waals surface area contributed by atoms with Crippen molar-refractivity contribution in [2.24, 2.45) is 0 Å². The summed E-state index contributed by atoms with van der Waals surface area (Å²) in [6, 6.07) is 8.94. The second-order valence-corrected chi connectivity index (χ2v) is 5.65. The average molecular weight is 269 g/mol. The van der Waals surface area contributed by atoms with Crippen molar-refractivity contribution >= 4 is 0 Å². The molecule has 1 aliphatic heterocycles. The minimum absolute atomic E-state index is 0.595. The predicted octanol–water partition coefficient (Wildman–Crippen LogP) is 3.29. The molecule has 1 atom stereocenters. The molecule has 0 spiro atoms. The Balaban J connectivity index is 1.80. The van der Waals surface area contributed by atoms with Gasteiger partial charge in [-0.2, -0.15) is 0 Å². The average Bonchev–Trinajstić information content (AvgIpc) is 3.15. The summed E-state index contributed by atoms with van der Waals surface area (Å²) in [6.07, 6.45) is 8.86. The molecular weight excluding hydrogens is 246 g/mol. The molecular formula is C17H23N3. The van der Waals surface area contributed by atoms with E-state index in [0.717, 1.165) is 13.1 Å². The fourth-order valence-corrected chi connectivity index (χ4v) is 2.93. The van der Waals surface area contributed by atoms with Crippen LogP contribution in [0.25, 0.3) is 5.69 Å². The SMILES string of the molecule is CCCCc1ccc(-n2cncc2C2CCNC2)cc1. The van der Waals surface area contributed by atoms with Gasteiger partial charge in [0.15, 0.2) is 0 Å². The zero-order valence-electron chi connectivity index (χ0n) is 12.2. The number of hydrogen-bond donors (Lipinski definition) is 1. The lowest BCUT2D eigenvalue weighted by molar-refractivity contribution is 0.713. The minimum atomic E-state index is 0.595. The molecule has 1 unspecified atom stereocenters. The Morgan fingerprint density at radius 3 is 2.85 bits per heavy atom. The Kier molecular flexibility index (Phi) is 4.16. The van der Waals surface area contributed by atoms with Crippen LogP contribution in [-0.2, 0) is 6.42 Å². The Labute approximate surface area is 121 Å². The summed E-state index contributed by atoms with van der Waals surface area (Å²) in [6.45, 7) is 4.42. The third-order valence-electron chi connectivity index (χ3n) is 4.18. The molecule has 20 heavy (non-hydrogen) atoms. The first-order valence-corrected chi connectivity index (χ1v) is 7.70. The lowest BCUT2D eigenvalue weighted by Gasteiger charge is -2.13. The fourth-order valence-electron chi connectivity index (χ4n) is 2.93. The van der Waals surface area contributed by atoms with E-state index < -0.39 is 0 Å². The number of nitrogens with zero attached hydrogens (tertiary/aromatic N) is 2. The number of unbranched alkanes of at least 4 members (excludes halogenated alkanes) is 1. The molecule has 1 aliphatic rings. The molecule has 1 aromatic heterocycles. The largest absolute Gasteiger partial charge is 0.316 e. The molecule has 3 nitrogen and oxygen atoms in total. The molecule has 0 aliphatic carbocycles. The summed E-state index contributed by atoms with van der Waals surface area (Å²) in [5.41, 5.74) is 3.99. The monoisotopic (exact) mass is 269 g/mol. The predicted molar refractivity (Wildman–Crippen MR) is 82.4 cm³/mol. The fraction of sp³-hybridized carbons (Fsp3) is 0.471. The highest BCUT2D eigenvalue weighted by Crippen LogP contribution is 2.24. The molecule has 2 aromatic rings. The Morgan fingerprint density at radius 1 is 1.30 bits per heavy atom. The Morgan fingerprint density at radius 2 is 2.15 bits per heavy atom. The first-order chi connectivity index (χ1) is 9.88. The van der Waals surface area contributed by atoms with Gasteiger partial charge in [-0.25, -0.2) is 4.98 Å². The summed E-state index contributed by atoms with van der Waals surface area (Å²) in [5, 5.41) is 3.43. The molecule has 1 fully saturated rings. The van der Waals surface area contributed by atoms with E-state index in [1.54, 1.807) is 0 Å². The first kappa shape index (κ1) is 13.4. The molecule has 0 radical (unpaired) electrons. The normalized spacial score (nSPS) is 18.6. The second-order valence-electron chi connectivity index (χ2n) is 5.65. The van der Waals surface area contributed by atoms with E-state index in [4.69, 9.17) is 0 Å². The van der Waals surface area contributed by atoms with Gasteiger partial charge in [-0.1, -0.05) is 25.5 Å². The molecule has 1 aromatic carbocycles. The highest BCUT2D eigenvalue weighted by molar-refractivity contribution is 5.37. The van der Waals surface area contributed by atoms with Crippen LogP contribution >= 0.6 is 0 Å². The van der Waals surface area contributed by atoms with Gasteiger partial charge in [-0.3, -0.25) is 0 Å². The highest BCUT2D eigenvalue weighted by atomic mass is 15.1. The summed E-state index contributed by atoms with van der Waals surface area (Å²) in [7, 11) is 0. The van der Waals surface area contributed by atoms with Crippen molar-refractivity contribution in [3.8, 4) is 5.69 Å². The molecule has 2 heterocycles. The quantitative estimate of drug-likeness (QED) is 0.902. The van der Waals surface area contributed by atoms with E-state index >= 15 is 0 Å². The van der Waals surface area contributed by atoms with E-state index in [9.17, 15) is 0 Å². The molecule has 3 heteroatoms. The number of aryl methyl sites for hydroxylation is 1. The van der Waals surface area contributed by atoms with Crippen LogP contribution in [-0.4, -0.2) is 22.6 Å². The van der Waals surface area contributed by atoms with Crippen molar-refractivity contribution < 1.29 is 0 Å². The molecule has 0 amide bonds. The van der Waals surface area contributed by atoms with Crippen LogP contribution in [0.5, 0.6) is 0 Å². The van der Waals surface area contributed by atoms with Gasteiger partial charge >= 0.3 is 0 Å². The maximum absolute atomic E-state index is 4.35. The van der Waals surface area contributed by atoms with Crippen LogP contribution in [0.4, 0.5) is 0 Å². The zero-order valence-corrected chi connectivity index (χ0v) is 12.2. The van der Waals surface area contributed by atoms with Crippen LogP contribution < -0.4 is 5.32 Å². The topological polar surface area (TPSA) is 29.9 Å². The molecule has 0 saturated carbocycles. The highest BCUT2D eigenvalue weighted by Gasteiger charge is 2.20. The molecule has 1 N–H and O–H groups in total. The number of imidazole rings is 1. The lowest BCUT2D eigenvalue weighted by Crippen LogP contribution is -2.10. The van der Waals surface area contributed by atoms with Gasteiger partial charge in [0.05, 0.1) is 6.33 Å². The molecule has 0 bridgehead atoms. The number of rotatable bonds is 5. The molecule has 106 valence electrons. The summed E-state index contributed by atoms with van der Waals surface area (Å²) in [5.74, 6) is 0.595. The number of hydrogen-bond acceptors (Lipinski definition) is 2. The third-order valence-corrected chi connectivity index (χ3v) is 4.18. The van der Waals surface area contributed by atoms with E-state index in [2.05, 4.69) is 46.1 Å². The van der Waals surface area contributed by atoms with Gasteiger partial charge in [-0.05, 0) is 43.5 Å². The Bertz CT molecular complexity index is 536. The Hall–Kier alpha value is -1.61. The smallest absolute Gasteiger partial charge is 0.0994 e. The third kappa shape index (κ3) is 2.78. The zero-order chi connectivity index (χ0) is 13.8. The van der Waals surface area contributed by atoms with Crippen LogP contribution in [0.3, 0.4) is 0 Å². The summed E-state index contributed by atoms with van der Waals surface area (Å²) in [4.78, 5) is 4.35. The van der Waals surface area contributed by atoms with Gasteiger partial charge < -0.3 is 9.88 Å². The van der Waals surface area contributed by atoms with Crippen molar-refractivity contribution in [1.82, 2.24) is 14.9 Å². The van der Waals surface area contributed by atoms with Gasteiger partial charge in [0.2, 0.25) is 0 Å². The molecule has 3 rings (SSSR count). The second kappa shape index (κ2) is 6.23. The maximum Gasteiger partial charge on any atom is 0.0994 e. The van der Waals surface area contributed by atoms with Crippen LogP contribution in [0.1, 0.15) is 43.4 Å². The molecule has 1 saturated heterocycles. The van der Waals surface area contributed by atoms with Crippen molar-refractivity contribution in [2.45, 2.75) is 38.5 Å². The van der Waals surface area contributed by atoms with Crippen molar-refractivity contribution in [1.29, 1.82) is 0 Å². The maximum atomic E-state index is 4.35. The number of benzene rings is 1. The van der Waals surface area contributed by atoms with Gasteiger partial charge in [0, 0.05) is 30.0 Å². The van der Waals surface area contributed by atoms with Crippen molar-refractivity contribution in [3.63, 3.8) is 0 Å². The van der Waals surface area contributed by atoms with Crippen molar-refractivity contribution in [3.05, 3.63) is 48.0 Å². The van der Waals surface area contributed by atoms with Gasteiger partial charge in [0.1, 0.15) is 0 Å². The van der Waals surface area contributed by atoms with Crippen LogP contribution in [0, 0.1) is 0 Å². The van der Waals surface area contributed by atoms with Crippen LogP contribution in [0.2, 0.25) is 0 Å². The van der Waals surface area contributed by atoms with E-state index in [-0.39, 0.29) is 0 Å². The standard InChI is InChI=1S/C17H23N3/c1-2-3-4-14-5-7-16(8-6-14)20-13-19-12-17(20)15-9-10-18-11-15/h5-8,12-13,15,18H,2-4,9-11H2,1H3. The van der Waals surface area contributed by atoms with Crippen LogP contribution in [0.15, 0.2) is 36.8 Å². The van der Waals surface area contributed by atoms with E-state index in [0.29, 0.717) is 5.92 Å². The van der Waals surface area contributed by atoms with Gasteiger partial charge in [-0.15, -0.1) is 0 Å². The number of nitrogens with one attached hydrogen (secondary N) is 1. The minimum Gasteiger partial charge on any atom is -0.316 e. The van der Waals surface area contributed by atoms with Gasteiger partial charge in [0.25, 0.3) is 0 Å². The number of aromatic nitrogens is 2. The summed E-state index contributed by atoms with van der Waals surface area (Å²) >= 11 is 0. The first-order valence-electron chi connectivity index (χ1n) is 7.70. The lowest BCUT2D eigenvalue weighted by atomic mass is 10.0.